The van der Waals surface area contributed by atoms with Gasteiger partial charge in [-0.3, -0.25) is 0 Å². The van der Waals surface area contributed by atoms with E-state index in [9.17, 15) is 0 Å². The van der Waals surface area contributed by atoms with E-state index in [1.165, 1.54) is 0 Å². The molecule has 0 fully saturated rings. The Morgan fingerprint density at radius 2 is 1.36 bits per heavy atom. The highest BCUT2D eigenvalue weighted by atomic mass is 16.2. The molecule has 1 heteroatoms. The van der Waals surface area contributed by atoms with Crippen molar-refractivity contribution < 1.29 is 5.11 Å². The quantitative estimate of drug-likeness (QED) is 0.583. The van der Waals surface area contributed by atoms with Crippen molar-refractivity contribution in [2.45, 2.75) is 13.3 Å². The molecule has 0 saturated heterocycles. The van der Waals surface area contributed by atoms with E-state index in [0.717, 1.165) is 12.0 Å². The Bertz CT molecular complexity index is 48.8. The fraction of sp³-hybridized carbons (Fsp3) is 0.300. The normalized spacial score (nSPS) is 4.55. The first-order valence-corrected chi connectivity index (χ1v) is 2.02. The molecule has 0 unspecified atom stereocenters. The molecule has 0 rings (SSSR count). The van der Waals surface area contributed by atoms with Gasteiger partial charge in [0.1, 0.15) is 0 Å². The second-order valence-corrected chi connectivity index (χ2v) is 1.43. The van der Waals surface area contributed by atoms with Crippen LogP contribution in [0.1, 0.15) is 13.3 Å². The predicted octanol–water partition coefficient (Wildman–Crippen LogP) is 1.35. The lowest BCUT2D eigenvalue weighted by Gasteiger charge is -1.87. The van der Waals surface area contributed by atoms with Crippen molar-refractivity contribution in [2.75, 3.05) is 6.61 Å². The molecule has 0 amide bonds. The molecule has 0 aromatic carbocycles. The third-order valence-corrected chi connectivity index (χ3v) is 0.539. The van der Waals surface area contributed by atoms with Crippen LogP contribution < -0.4 is 0 Å². The Morgan fingerprint density at radius 3 is 1.36 bits per heavy atom. The van der Waals surface area contributed by atoms with Crippen LogP contribution in [0.4, 0.5) is 0 Å². The van der Waals surface area contributed by atoms with Crippen LogP contribution in [0.15, 0.2) is 12.2 Å². The summed E-state index contributed by atoms with van der Waals surface area (Å²) in [7, 11) is 0. The van der Waals surface area contributed by atoms with Gasteiger partial charge in [-0.15, -0.1) is 6.58 Å². The van der Waals surface area contributed by atoms with E-state index < -0.39 is 0 Å². The number of rotatable bonds is 2. The number of aliphatic hydroxyl groups is 1. The van der Waals surface area contributed by atoms with Crippen LogP contribution in [0.5, 0.6) is 0 Å². The van der Waals surface area contributed by atoms with Gasteiger partial charge in [0.2, 0.25) is 0 Å². The maximum atomic E-state index is 8.18. The lowest BCUT2D eigenvalue weighted by molar-refractivity contribution is 0.299. The molecule has 0 aliphatic carbocycles. The van der Waals surface area contributed by atoms with Crippen LogP contribution in [0.2, 0.25) is 0 Å². The minimum absolute atomic E-state index is 0. The van der Waals surface area contributed by atoms with Gasteiger partial charge in [0.05, 0.1) is 0 Å². The summed E-state index contributed by atoms with van der Waals surface area (Å²) in [4.78, 5) is 0. The smallest absolute Gasteiger partial charge is 0.0467 e. The van der Waals surface area contributed by atoms with Crippen molar-refractivity contribution in [3.05, 3.63) is 49.3 Å². The van der Waals surface area contributed by atoms with Gasteiger partial charge in [-0.1, -0.05) is 5.57 Å². The van der Waals surface area contributed by atoms with Gasteiger partial charge in [0.15, 0.2) is 0 Å². The fourth-order valence-electron chi connectivity index (χ4n) is 0.191. The molecule has 0 heterocycles. The van der Waals surface area contributed by atoms with Crippen LogP contribution in [0.25, 0.3) is 0 Å². The molecule has 1 nitrogen and oxygen atoms in total. The predicted molar refractivity (Wildman–Crippen MR) is 42.7 cm³/mol. The number of hydrogen-bond acceptors (Lipinski definition) is 1. The number of hydrogen-bond donors (Lipinski definition) is 1. The first-order valence-electron chi connectivity index (χ1n) is 2.02. The minimum Gasteiger partial charge on any atom is -0.396 e. The van der Waals surface area contributed by atoms with Crippen LogP contribution in [0, 0.1) is 37.1 Å². The zero-order valence-electron chi connectivity index (χ0n) is 6.57. The topological polar surface area (TPSA) is 20.2 Å². The monoisotopic (exact) mass is 146 g/mol. The van der Waals surface area contributed by atoms with Gasteiger partial charge in [-0.25, -0.2) is 0 Å². The summed E-state index contributed by atoms with van der Waals surface area (Å²) in [5.41, 5.74) is 1.04. The molecule has 11 heavy (non-hydrogen) atoms. The molecular weight excluding hydrogens is 136 g/mol. The highest BCUT2D eigenvalue weighted by Gasteiger charge is 1.77. The van der Waals surface area contributed by atoms with Gasteiger partial charge in [-0.2, -0.15) is 0 Å². The minimum atomic E-state index is 0. The van der Waals surface area contributed by atoms with E-state index in [1.807, 2.05) is 6.92 Å². The summed E-state index contributed by atoms with van der Waals surface area (Å²) in [6.07, 6.45) is 0.736. The molecule has 20 radical (unpaired) electrons. The molecular formula is C10H10O. The van der Waals surface area contributed by atoms with Crippen LogP contribution in [0.3, 0.4) is 0 Å². The molecule has 0 aromatic rings. The Balaban J connectivity index is -0.0000000125. The second-order valence-electron chi connectivity index (χ2n) is 1.43. The van der Waals surface area contributed by atoms with Crippen LogP contribution in [-0.2, 0) is 0 Å². The zero-order chi connectivity index (χ0) is 4.99. The van der Waals surface area contributed by atoms with Crippen molar-refractivity contribution >= 4 is 0 Å². The summed E-state index contributed by atoms with van der Waals surface area (Å²) in [6, 6.07) is 0. The summed E-state index contributed by atoms with van der Waals surface area (Å²) in [5, 5.41) is 8.18. The highest BCUT2D eigenvalue weighted by molar-refractivity contribution is 4.86. The van der Waals surface area contributed by atoms with E-state index in [0.29, 0.717) is 0 Å². The maximum absolute atomic E-state index is 8.18. The fourth-order valence-corrected chi connectivity index (χ4v) is 0.191. The Kier molecular flexibility index (Phi) is 138. The van der Waals surface area contributed by atoms with E-state index in [4.69, 9.17) is 5.11 Å². The molecule has 0 spiro atoms. The summed E-state index contributed by atoms with van der Waals surface area (Å²) in [5.74, 6) is 0. The molecule has 0 aliphatic heterocycles. The van der Waals surface area contributed by atoms with Gasteiger partial charge in [0, 0.05) is 43.7 Å². The standard InChI is InChI=1S/C5H10O.5C/c1-5(2)3-4-6;;;;;/h6H,1,3-4H2,2H3;;;;;. The second kappa shape index (κ2) is 33.2. The average molecular weight is 146 g/mol. The van der Waals surface area contributed by atoms with Gasteiger partial charge in [-0.05, 0) is 13.3 Å². The molecule has 0 saturated carbocycles. The lowest BCUT2D eigenvalue weighted by atomic mass is 10.3. The third kappa shape index (κ3) is 78.9. The van der Waals surface area contributed by atoms with Crippen molar-refractivity contribution in [1.29, 1.82) is 0 Å². The highest BCUT2D eigenvalue weighted by Crippen LogP contribution is 1.90. The van der Waals surface area contributed by atoms with E-state index in [2.05, 4.69) is 6.58 Å². The van der Waals surface area contributed by atoms with Gasteiger partial charge < -0.3 is 5.11 Å². The van der Waals surface area contributed by atoms with Crippen molar-refractivity contribution in [2.24, 2.45) is 0 Å². The lowest BCUT2D eigenvalue weighted by Crippen LogP contribution is -1.79. The molecule has 0 aliphatic rings. The van der Waals surface area contributed by atoms with E-state index >= 15 is 0 Å². The third-order valence-electron chi connectivity index (χ3n) is 0.539. The first-order chi connectivity index (χ1) is 2.77. The zero-order valence-corrected chi connectivity index (χ0v) is 6.57. The number of aliphatic hydroxyl groups excluding tert-OH is 1. The van der Waals surface area contributed by atoms with Crippen LogP contribution >= 0.6 is 0 Å². The molecule has 0 atom stereocenters. The Labute approximate surface area is 75.2 Å². The summed E-state index contributed by atoms with van der Waals surface area (Å²) in [6.45, 7) is 5.72. The summed E-state index contributed by atoms with van der Waals surface area (Å²) < 4.78 is 0. The Hall–Kier alpha value is -0.300. The average Bonchev–Trinajstić information content (AvgIpc) is 1.35. The SMILES string of the molecule is C=C(C)CCO.[C].[C].[C].[C].[C]. The molecule has 56 valence electrons. The Morgan fingerprint density at radius 1 is 1.09 bits per heavy atom. The van der Waals surface area contributed by atoms with E-state index in [-0.39, 0.29) is 43.7 Å². The van der Waals surface area contributed by atoms with Gasteiger partial charge >= 0.3 is 0 Å². The molecule has 1 N–H and O–H groups in total. The maximum Gasteiger partial charge on any atom is 0.0467 e. The van der Waals surface area contributed by atoms with Crippen molar-refractivity contribution in [1.82, 2.24) is 0 Å². The van der Waals surface area contributed by atoms with Crippen LogP contribution in [-0.4, -0.2) is 11.7 Å². The van der Waals surface area contributed by atoms with Crippen molar-refractivity contribution in [3.63, 3.8) is 0 Å². The van der Waals surface area contributed by atoms with Gasteiger partial charge in [0.25, 0.3) is 0 Å². The first kappa shape index (κ1) is 45.6. The van der Waals surface area contributed by atoms with Crippen molar-refractivity contribution in [3.8, 4) is 0 Å². The molecule has 0 aromatic heterocycles. The molecule has 0 bridgehead atoms. The summed E-state index contributed by atoms with van der Waals surface area (Å²) >= 11 is 0. The largest absolute Gasteiger partial charge is 0.396 e. The van der Waals surface area contributed by atoms with E-state index in [1.54, 1.807) is 0 Å².